The van der Waals surface area contributed by atoms with E-state index in [2.05, 4.69) is 6.07 Å². The molecule has 154 valence electrons. The van der Waals surface area contributed by atoms with Crippen molar-refractivity contribution in [3.63, 3.8) is 0 Å². The lowest BCUT2D eigenvalue weighted by molar-refractivity contribution is 0.206. The molecule has 1 amide bonds. The van der Waals surface area contributed by atoms with Gasteiger partial charge in [0.2, 0.25) is 5.88 Å². The molecule has 1 aliphatic carbocycles. The summed E-state index contributed by atoms with van der Waals surface area (Å²) in [5.41, 5.74) is 5.19. The van der Waals surface area contributed by atoms with Crippen molar-refractivity contribution in [2.24, 2.45) is 0 Å². The minimum atomic E-state index is -0.527. The third kappa shape index (κ3) is 3.46. The van der Waals surface area contributed by atoms with Crippen LogP contribution in [-0.4, -0.2) is 22.9 Å². The van der Waals surface area contributed by atoms with Gasteiger partial charge in [-0.2, -0.15) is 9.78 Å². The first kappa shape index (κ1) is 19.1. The number of ether oxygens (including phenoxy) is 1. The number of nitrogens with zero attached hydrogens (tertiary/aromatic N) is 3. The van der Waals surface area contributed by atoms with Crippen LogP contribution in [0.4, 0.5) is 14.9 Å². The standard InChI is InChI=1S/C25H20FN3O2/c1-28(19-8-3-2-4-9-19)25(30)31-24-23-21-10-6-5-7-17(21)11-16-22(23)27-29(24)20-14-12-18(26)13-15-20/h2-10,12-15H,11,16H2,1H3. The van der Waals surface area contributed by atoms with E-state index in [0.29, 0.717) is 11.6 Å². The molecule has 0 atom stereocenters. The lowest BCUT2D eigenvalue weighted by Gasteiger charge is -2.19. The fourth-order valence-corrected chi connectivity index (χ4v) is 3.89. The van der Waals surface area contributed by atoms with Gasteiger partial charge >= 0.3 is 6.09 Å². The van der Waals surface area contributed by atoms with Crippen LogP contribution in [0.3, 0.4) is 0 Å². The van der Waals surface area contributed by atoms with E-state index in [0.717, 1.165) is 35.3 Å². The predicted octanol–water partition coefficient (Wildman–Crippen LogP) is 5.41. The zero-order chi connectivity index (χ0) is 21.4. The average molecular weight is 413 g/mol. The minimum absolute atomic E-state index is 0.335. The SMILES string of the molecule is CN(C(=O)Oc1c2c(nn1-c1ccc(F)cc1)CCc1ccccc1-2)c1ccccc1. The van der Waals surface area contributed by atoms with Gasteiger partial charge in [0.15, 0.2) is 0 Å². The van der Waals surface area contributed by atoms with Crippen LogP contribution in [0.25, 0.3) is 16.8 Å². The molecule has 0 aliphatic heterocycles. The van der Waals surface area contributed by atoms with Gasteiger partial charge in [0.05, 0.1) is 16.9 Å². The van der Waals surface area contributed by atoms with Gasteiger partial charge in [0.1, 0.15) is 5.82 Å². The number of aromatic nitrogens is 2. The predicted molar refractivity (Wildman–Crippen MR) is 117 cm³/mol. The highest BCUT2D eigenvalue weighted by molar-refractivity contribution is 5.90. The van der Waals surface area contributed by atoms with Crippen molar-refractivity contribution < 1.29 is 13.9 Å². The number of benzene rings is 3. The van der Waals surface area contributed by atoms with Gasteiger partial charge in [0.25, 0.3) is 0 Å². The first-order valence-electron chi connectivity index (χ1n) is 10.1. The fourth-order valence-electron chi connectivity index (χ4n) is 3.89. The molecule has 0 spiro atoms. The second kappa shape index (κ2) is 7.72. The Morgan fingerprint density at radius 2 is 1.68 bits per heavy atom. The van der Waals surface area contributed by atoms with Gasteiger partial charge in [-0.05, 0) is 60.4 Å². The Labute approximate surface area is 179 Å². The van der Waals surface area contributed by atoms with Gasteiger partial charge in [-0.25, -0.2) is 9.18 Å². The number of aryl methyl sites for hydroxylation is 2. The molecule has 3 aromatic carbocycles. The molecule has 0 unspecified atom stereocenters. The lowest BCUT2D eigenvalue weighted by Crippen LogP contribution is -2.30. The third-order valence-corrected chi connectivity index (χ3v) is 5.51. The number of hydrogen-bond acceptors (Lipinski definition) is 3. The molecule has 5 nitrogen and oxygen atoms in total. The molecule has 1 aliphatic rings. The number of anilines is 1. The van der Waals surface area contributed by atoms with Crippen molar-refractivity contribution in [2.45, 2.75) is 12.8 Å². The van der Waals surface area contributed by atoms with Crippen LogP contribution in [0.15, 0.2) is 78.9 Å². The van der Waals surface area contributed by atoms with Crippen LogP contribution in [0, 0.1) is 5.82 Å². The zero-order valence-corrected chi connectivity index (χ0v) is 17.0. The van der Waals surface area contributed by atoms with Crippen molar-refractivity contribution >= 4 is 11.8 Å². The van der Waals surface area contributed by atoms with Crippen LogP contribution >= 0.6 is 0 Å². The average Bonchev–Trinajstić information content (AvgIpc) is 3.18. The molecular formula is C25H20FN3O2. The van der Waals surface area contributed by atoms with Crippen LogP contribution in [0.5, 0.6) is 5.88 Å². The summed E-state index contributed by atoms with van der Waals surface area (Å²) in [4.78, 5) is 14.5. The summed E-state index contributed by atoms with van der Waals surface area (Å²) in [6.07, 6.45) is 1.07. The molecule has 31 heavy (non-hydrogen) atoms. The molecule has 0 saturated carbocycles. The van der Waals surface area contributed by atoms with Crippen molar-refractivity contribution in [3.8, 4) is 22.7 Å². The lowest BCUT2D eigenvalue weighted by atomic mass is 9.90. The van der Waals surface area contributed by atoms with Crippen molar-refractivity contribution in [2.75, 3.05) is 11.9 Å². The van der Waals surface area contributed by atoms with Crippen LogP contribution in [-0.2, 0) is 12.8 Å². The Morgan fingerprint density at radius 3 is 2.45 bits per heavy atom. The number of amides is 1. The maximum absolute atomic E-state index is 13.5. The van der Waals surface area contributed by atoms with Crippen LogP contribution < -0.4 is 9.64 Å². The maximum Gasteiger partial charge on any atom is 0.420 e. The molecule has 0 bridgehead atoms. The Morgan fingerprint density at radius 1 is 0.968 bits per heavy atom. The van der Waals surface area contributed by atoms with Crippen LogP contribution in [0.1, 0.15) is 11.3 Å². The molecule has 0 N–H and O–H groups in total. The second-order valence-electron chi connectivity index (χ2n) is 7.43. The minimum Gasteiger partial charge on any atom is -0.390 e. The van der Waals surface area contributed by atoms with Gasteiger partial charge in [-0.3, -0.25) is 4.90 Å². The van der Waals surface area contributed by atoms with Crippen LogP contribution in [0.2, 0.25) is 0 Å². The highest BCUT2D eigenvalue weighted by atomic mass is 19.1. The molecule has 0 radical (unpaired) electrons. The number of halogens is 1. The summed E-state index contributed by atoms with van der Waals surface area (Å²) in [6, 6.07) is 23.3. The van der Waals surface area contributed by atoms with E-state index in [1.807, 2.05) is 48.5 Å². The smallest absolute Gasteiger partial charge is 0.390 e. The fraction of sp³-hybridized carbons (Fsp3) is 0.120. The van der Waals surface area contributed by atoms with E-state index in [9.17, 15) is 9.18 Å². The quantitative estimate of drug-likeness (QED) is 0.451. The Bertz CT molecular complexity index is 1250. The molecule has 5 rings (SSSR count). The second-order valence-corrected chi connectivity index (χ2v) is 7.43. The van der Waals surface area contributed by atoms with Crippen molar-refractivity contribution in [3.05, 3.63) is 95.9 Å². The molecule has 0 saturated heterocycles. The highest BCUT2D eigenvalue weighted by Gasteiger charge is 2.29. The van der Waals surface area contributed by atoms with Gasteiger partial charge in [-0.1, -0.05) is 42.5 Å². The number of para-hydroxylation sites is 1. The monoisotopic (exact) mass is 413 g/mol. The van der Waals surface area contributed by atoms with E-state index >= 15 is 0 Å². The van der Waals surface area contributed by atoms with Gasteiger partial charge in [0, 0.05) is 12.7 Å². The zero-order valence-electron chi connectivity index (χ0n) is 17.0. The first-order chi connectivity index (χ1) is 15.1. The number of carbonyl (C=O) groups excluding carboxylic acids is 1. The molecule has 1 heterocycles. The Kier molecular flexibility index (Phi) is 4.75. The van der Waals surface area contributed by atoms with E-state index in [-0.39, 0.29) is 5.82 Å². The van der Waals surface area contributed by atoms with Crippen molar-refractivity contribution in [1.29, 1.82) is 0 Å². The van der Waals surface area contributed by atoms with E-state index in [4.69, 9.17) is 9.84 Å². The summed E-state index contributed by atoms with van der Waals surface area (Å²) in [7, 11) is 1.66. The Balaban J connectivity index is 1.62. The molecule has 6 heteroatoms. The molecular weight excluding hydrogens is 393 g/mol. The summed E-state index contributed by atoms with van der Waals surface area (Å²) in [5.74, 6) is -0.00471. The van der Waals surface area contributed by atoms with Gasteiger partial charge in [-0.15, -0.1) is 0 Å². The topological polar surface area (TPSA) is 47.4 Å². The third-order valence-electron chi connectivity index (χ3n) is 5.51. The van der Waals surface area contributed by atoms with Gasteiger partial charge < -0.3 is 4.74 Å². The summed E-state index contributed by atoms with van der Waals surface area (Å²) < 4.78 is 21.0. The Hall–Kier alpha value is -3.93. The number of fused-ring (bicyclic) bond motifs is 3. The summed E-state index contributed by atoms with van der Waals surface area (Å²) in [6.45, 7) is 0. The summed E-state index contributed by atoms with van der Waals surface area (Å²) >= 11 is 0. The van der Waals surface area contributed by atoms with E-state index in [1.54, 1.807) is 23.9 Å². The number of hydrogen-bond donors (Lipinski definition) is 0. The maximum atomic E-state index is 13.5. The van der Waals surface area contributed by atoms with E-state index < -0.39 is 6.09 Å². The number of carbonyl (C=O) groups is 1. The normalized spacial score (nSPS) is 12.1. The van der Waals surface area contributed by atoms with E-state index in [1.165, 1.54) is 22.6 Å². The molecule has 0 fully saturated rings. The first-order valence-corrected chi connectivity index (χ1v) is 10.1. The molecule has 1 aromatic heterocycles. The van der Waals surface area contributed by atoms with Crippen molar-refractivity contribution in [1.82, 2.24) is 9.78 Å². The largest absolute Gasteiger partial charge is 0.420 e. The number of rotatable bonds is 3. The summed E-state index contributed by atoms with van der Waals surface area (Å²) in [5, 5.41) is 4.73. The molecule has 4 aromatic rings. The highest BCUT2D eigenvalue weighted by Crippen LogP contribution is 2.41.